The number of rotatable bonds is 4. The first-order valence-corrected chi connectivity index (χ1v) is 7.27. The summed E-state index contributed by atoms with van der Waals surface area (Å²) in [6.45, 7) is 0. The molecular formula is C17H16N4O3. The smallest absolute Gasteiger partial charge is 0.354 e. The fourth-order valence-electron chi connectivity index (χ4n) is 2.32. The zero-order valence-corrected chi connectivity index (χ0v) is 13.2. The van der Waals surface area contributed by atoms with E-state index in [2.05, 4.69) is 25.3 Å². The number of H-pyrrole nitrogens is 1. The molecule has 0 atom stereocenters. The molecule has 24 heavy (non-hydrogen) atoms. The lowest BCUT2D eigenvalue weighted by Crippen LogP contribution is -2.17. The average Bonchev–Trinajstić information content (AvgIpc) is 3.04. The molecule has 122 valence electrons. The van der Waals surface area contributed by atoms with Crippen LogP contribution < -0.4 is 10.6 Å². The van der Waals surface area contributed by atoms with Crippen LogP contribution in [-0.2, 0) is 4.74 Å². The van der Waals surface area contributed by atoms with Crippen LogP contribution in [0.15, 0.2) is 42.6 Å². The molecule has 2 aromatic heterocycles. The molecule has 0 aliphatic carbocycles. The maximum atomic E-state index is 11.5. The predicted octanol–water partition coefficient (Wildman–Crippen LogP) is 2.45. The number of methoxy groups -OCH3 is 1. The van der Waals surface area contributed by atoms with Crippen molar-refractivity contribution in [2.75, 3.05) is 19.5 Å². The summed E-state index contributed by atoms with van der Waals surface area (Å²) in [5, 5.41) is 6.58. The van der Waals surface area contributed by atoms with Crippen LogP contribution >= 0.6 is 0 Å². The predicted molar refractivity (Wildman–Crippen MR) is 90.5 cm³/mol. The van der Waals surface area contributed by atoms with Crippen LogP contribution in [-0.4, -0.2) is 36.0 Å². The highest BCUT2D eigenvalue weighted by Gasteiger charge is 2.10. The summed E-state index contributed by atoms with van der Waals surface area (Å²) in [7, 11) is 2.92. The molecule has 0 saturated heterocycles. The molecule has 0 aliphatic rings. The van der Waals surface area contributed by atoms with E-state index >= 15 is 0 Å². The van der Waals surface area contributed by atoms with Crippen LogP contribution in [0.1, 0.15) is 20.8 Å². The number of hydrogen-bond donors (Lipinski definition) is 3. The Hall–Kier alpha value is -3.35. The van der Waals surface area contributed by atoms with Gasteiger partial charge in [0.25, 0.3) is 5.91 Å². The summed E-state index contributed by atoms with van der Waals surface area (Å²) in [5.41, 5.74) is 3.14. The van der Waals surface area contributed by atoms with Crippen LogP contribution in [0.4, 0.5) is 11.4 Å². The molecule has 0 aliphatic heterocycles. The molecule has 2 heterocycles. The van der Waals surface area contributed by atoms with E-state index in [4.69, 9.17) is 0 Å². The fraction of sp³-hybridized carbons (Fsp3) is 0.118. The van der Waals surface area contributed by atoms with Crippen molar-refractivity contribution in [1.29, 1.82) is 0 Å². The molecule has 0 fully saturated rings. The van der Waals surface area contributed by atoms with Gasteiger partial charge >= 0.3 is 5.97 Å². The number of amides is 1. The molecule has 0 unspecified atom stereocenters. The number of carbonyl (C=O) groups is 2. The summed E-state index contributed by atoms with van der Waals surface area (Å²) >= 11 is 0. The normalized spacial score (nSPS) is 10.4. The monoisotopic (exact) mass is 324 g/mol. The number of carbonyl (C=O) groups excluding carboxylic acids is 2. The molecule has 3 N–H and O–H groups in total. The Morgan fingerprint density at radius 1 is 1.12 bits per heavy atom. The molecule has 0 radical (unpaired) electrons. The number of hydrogen-bond acceptors (Lipinski definition) is 5. The number of aromatic nitrogens is 2. The van der Waals surface area contributed by atoms with E-state index < -0.39 is 5.97 Å². The van der Waals surface area contributed by atoms with Crippen molar-refractivity contribution >= 4 is 34.3 Å². The van der Waals surface area contributed by atoms with Crippen LogP contribution in [0.25, 0.3) is 11.0 Å². The molecule has 7 heteroatoms. The lowest BCUT2D eigenvalue weighted by Gasteiger charge is -2.07. The van der Waals surface area contributed by atoms with Gasteiger partial charge in [0.1, 0.15) is 11.3 Å². The van der Waals surface area contributed by atoms with Gasteiger partial charge in [0.15, 0.2) is 0 Å². The van der Waals surface area contributed by atoms with E-state index in [1.54, 1.807) is 31.4 Å². The molecule has 1 aromatic carbocycles. The first-order chi connectivity index (χ1) is 11.6. The zero-order chi connectivity index (χ0) is 17.1. The van der Waals surface area contributed by atoms with Crippen LogP contribution in [0.2, 0.25) is 0 Å². The first kappa shape index (κ1) is 15.5. The third-order valence-corrected chi connectivity index (χ3v) is 3.54. The summed E-state index contributed by atoms with van der Waals surface area (Å²) in [4.78, 5) is 30.3. The van der Waals surface area contributed by atoms with Crippen LogP contribution in [0.3, 0.4) is 0 Å². The van der Waals surface area contributed by atoms with Gasteiger partial charge in [-0.1, -0.05) is 0 Å². The van der Waals surface area contributed by atoms with E-state index in [-0.39, 0.29) is 5.91 Å². The molecule has 0 spiro atoms. The lowest BCUT2D eigenvalue weighted by molar-refractivity contribution is 0.0595. The minimum Gasteiger partial charge on any atom is -0.464 e. The standard InChI is InChI=1S/C17H16N4O3/c1-18-16(22)10-3-5-12(6-4-10)20-13-7-11-8-14(17(23)24-2)21-15(11)19-9-13/h3-9,20H,1-2H3,(H,18,22)(H,19,21). The van der Waals surface area contributed by atoms with Gasteiger partial charge in [-0.05, 0) is 36.4 Å². The molecule has 0 saturated carbocycles. The van der Waals surface area contributed by atoms with E-state index in [0.717, 1.165) is 16.8 Å². The second-order valence-corrected chi connectivity index (χ2v) is 5.12. The minimum atomic E-state index is -0.438. The Labute approximate surface area is 138 Å². The van der Waals surface area contributed by atoms with Crippen molar-refractivity contribution in [3.05, 3.63) is 53.9 Å². The van der Waals surface area contributed by atoms with E-state index in [0.29, 0.717) is 16.9 Å². The zero-order valence-electron chi connectivity index (χ0n) is 13.2. The Balaban J connectivity index is 1.82. The van der Waals surface area contributed by atoms with E-state index in [9.17, 15) is 9.59 Å². The number of pyridine rings is 1. The molecule has 1 amide bonds. The summed E-state index contributed by atoms with van der Waals surface area (Å²) < 4.78 is 4.69. The third-order valence-electron chi connectivity index (χ3n) is 3.54. The van der Waals surface area contributed by atoms with Crippen molar-refractivity contribution in [3.63, 3.8) is 0 Å². The number of anilines is 2. The Morgan fingerprint density at radius 2 is 1.88 bits per heavy atom. The number of esters is 1. The summed E-state index contributed by atoms with van der Waals surface area (Å²) in [5.74, 6) is -0.570. The Bertz CT molecular complexity index is 900. The van der Waals surface area contributed by atoms with Crippen molar-refractivity contribution < 1.29 is 14.3 Å². The Kier molecular flexibility index (Phi) is 4.15. The molecule has 3 aromatic rings. The number of aromatic amines is 1. The number of benzene rings is 1. The van der Waals surface area contributed by atoms with E-state index in [1.807, 2.05) is 18.2 Å². The van der Waals surface area contributed by atoms with Crippen molar-refractivity contribution in [2.24, 2.45) is 0 Å². The maximum Gasteiger partial charge on any atom is 0.354 e. The maximum absolute atomic E-state index is 11.5. The third kappa shape index (κ3) is 3.05. The summed E-state index contributed by atoms with van der Waals surface area (Å²) in [6, 6.07) is 10.7. The second kappa shape index (κ2) is 6.41. The average molecular weight is 324 g/mol. The fourth-order valence-corrected chi connectivity index (χ4v) is 2.32. The Morgan fingerprint density at radius 3 is 2.54 bits per heavy atom. The second-order valence-electron chi connectivity index (χ2n) is 5.12. The van der Waals surface area contributed by atoms with Gasteiger partial charge in [-0.2, -0.15) is 0 Å². The van der Waals surface area contributed by atoms with Gasteiger partial charge in [-0.15, -0.1) is 0 Å². The molecule has 7 nitrogen and oxygen atoms in total. The largest absolute Gasteiger partial charge is 0.464 e. The minimum absolute atomic E-state index is 0.132. The van der Waals surface area contributed by atoms with Gasteiger partial charge < -0.3 is 20.4 Å². The number of nitrogens with one attached hydrogen (secondary N) is 3. The highest BCUT2D eigenvalue weighted by atomic mass is 16.5. The molecule has 0 bridgehead atoms. The quantitative estimate of drug-likeness (QED) is 0.641. The summed E-state index contributed by atoms with van der Waals surface area (Å²) in [6.07, 6.45) is 1.66. The van der Waals surface area contributed by atoms with Crippen LogP contribution in [0.5, 0.6) is 0 Å². The number of ether oxygens (including phenoxy) is 1. The van der Waals surface area contributed by atoms with Gasteiger partial charge in [-0.25, -0.2) is 9.78 Å². The lowest BCUT2D eigenvalue weighted by atomic mass is 10.2. The van der Waals surface area contributed by atoms with Gasteiger partial charge in [0.05, 0.1) is 19.0 Å². The van der Waals surface area contributed by atoms with E-state index in [1.165, 1.54) is 7.11 Å². The molecule has 3 rings (SSSR count). The highest BCUT2D eigenvalue weighted by molar-refractivity contribution is 5.95. The van der Waals surface area contributed by atoms with Crippen molar-refractivity contribution in [1.82, 2.24) is 15.3 Å². The molecular weight excluding hydrogens is 308 g/mol. The van der Waals surface area contributed by atoms with Crippen molar-refractivity contribution in [2.45, 2.75) is 0 Å². The van der Waals surface area contributed by atoms with Gasteiger partial charge in [0.2, 0.25) is 0 Å². The SMILES string of the molecule is CNC(=O)c1ccc(Nc2cnc3[nH]c(C(=O)OC)cc3c2)cc1. The highest BCUT2D eigenvalue weighted by Crippen LogP contribution is 2.21. The van der Waals surface area contributed by atoms with Crippen molar-refractivity contribution in [3.8, 4) is 0 Å². The topological polar surface area (TPSA) is 96.1 Å². The number of nitrogens with zero attached hydrogens (tertiary/aromatic N) is 1. The van der Waals surface area contributed by atoms with Gasteiger partial charge in [-0.3, -0.25) is 4.79 Å². The first-order valence-electron chi connectivity index (χ1n) is 7.27. The van der Waals surface area contributed by atoms with Gasteiger partial charge in [0, 0.05) is 23.7 Å². The van der Waals surface area contributed by atoms with Crippen LogP contribution in [0, 0.1) is 0 Å². The number of fused-ring (bicyclic) bond motifs is 1.